The molecule has 0 aliphatic carbocycles. The monoisotopic (exact) mass is 302 g/mol. The minimum absolute atomic E-state index is 0.114. The van der Waals surface area contributed by atoms with Crippen molar-refractivity contribution in [1.29, 1.82) is 0 Å². The van der Waals surface area contributed by atoms with E-state index in [-0.39, 0.29) is 11.8 Å². The first-order chi connectivity index (χ1) is 10.6. The van der Waals surface area contributed by atoms with Gasteiger partial charge >= 0.3 is 0 Å². The molecule has 1 saturated heterocycles. The van der Waals surface area contributed by atoms with E-state index in [4.69, 9.17) is 0 Å². The van der Waals surface area contributed by atoms with Crippen LogP contribution >= 0.6 is 0 Å². The number of aryl methyl sites for hydroxylation is 1. The smallest absolute Gasteiger partial charge is 0.254 e. The van der Waals surface area contributed by atoms with Crippen LogP contribution in [0, 0.1) is 12.8 Å². The number of amides is 2. The van der Waals surface area contributed by atoms with Crippen molar-refractivity contribution in [3.05, 3.63) is 35.4 Å². The Bertz CT molecular complexity index is 528. The van der Waals surface area contributed by atoms with Crippen molar-refractivity contribution < 1.29 is 9.59 Å². The van der Waals surface area contributed by atoms with Crippen molar-refractivity contribution in [2.24, 2.45) is 5.92 Å². The minimum atomic E-state index is 0.114. The molecule has 4 nitrogen and oxygen atoms in total. The van der Waals surface area contributed by atoms with Crippen LogP contribution in [0.25, 0.3) is 0 Å². The van der Waals surface area contributed by atoms with Crippen LogP contribution in [0.15, 0.2) is 24.3 Å². The average molecular weight is 302 g/mol. The lowest BCUT2D eigenvalue weighted by Crippen LogP contribution is -2.43. The first kappa shape index (κ1) is 16.5. The summed E-state index contributed by atoms with van der Waals surface area (Å²) in [6.45, 7) is 6.20. The second kappa shape index (κ2) is 7.97. The van der Waals surface area contributed by atoms with Gasteiger partial charge in [-0.15, -0.1) is 0 Å². The lowest BCUT2D eigenvalue weighted by molar-refractivity contribution is -0.121. The molecular formula is C18H26N2O2. The molecule has 0 bridgehead atoms. The van der Waals surface area contributed by atoms with E-state index in [1.165, 1.54) is 0 Å². The topological polar surface area (TPSA) is 49.4 Å². The Balaban J connectivity index is 1.91. The van der Waals surface area contributed by atoms with Crippen molar-refractivity contribution in [2.75, 3.05) is 19.6 Å². The van der Waals surface area contributed by atoms with Gasteiger partial charge in [-0.2, -0.15) is 0 Å². The molecule has 0 radical (unpaired) electrons. The number of carbonyl (C=O) groups excluding carboxylic acids is 2. The number of likely N-dealkylation sites (tertiary alicyclic amines) is 1. The molecule has 0 saturated carbocycles. The molecule has 4 heteroatoms. The zero-order valence-corrected chi connectivity index (χ0v) is 13.6. The third-order valence-corrected chi connectivity index (χ3v) is 4.25. The van der Waals surface area contributed by atoms with E-state index in [0.29, 0.717) is 18.9 Å². The highest BCUT2D eigenvalue weighted by Gasteiger charge is 2.25. The third-order valence-electron chi connectivity index (χ3n) is 4.25. The van der Waals surface area contributed by atoms with Crippen molar-refractivity contribution >= 4 is 11.8 Å². The van der Waals surface area contributed by atoms with Gasteiger partial charge in [-0.25, -0.2) is 0 Å². The minimum Gasteiger partial charge on any atom is -0.356 e. The summed E-state index contributed by atoms with van der Waals surface area (Å²) in [5.74, 6) is 0.593. The number of nitrogens with one attached hydrogen (secondary N) is 1. The van der Waals surface area contributed by atoms with Crippen LogP contribution < -0.4 is 5.32 Å². The van der Waals surface area contributed by atoms with Gasteiger partial charge in [0, 0.05) is 31.6 Å². The first-order valence-corrected chi connectivity index (χ1v) is 8.23. The maximum Gasteiger partial charge on any atom is 0.254 e. The summed E-state index contributed by atoms with van der Waals surface area (Å²) >= 11 is 0. The first-order valence-electron chi connectivity index (χ1n) is 8.23. The number of carbonyl (C=O) groups is 2. The van der Waals surface area contributed by atoms with Crippen LogP contribution in [-0.2, 0) is 4.79 Å². The van der Waals surface area contributed by atoms with Gasteiger partial charge in [-0.3, -0.25) is 9.59 Å². The Morgan fingerprint density at radius 3 is 2.82 bits per heavy atom. The Hall–Kier alpha value is -1.84. The molecule has 120 valence electrons. The largest absolute Gasteiger partial charge is 0.356 e. The number of piperidine rings is 1. The molecule has 1 aromatic carbocycles. The SMILES string of the molecule is CCCC(=O)NCC1CCCN(C(=O)c2ccccc2C)C1. The fourth-order valence-corrected chi connectivity index (χ4v) is 2.97. The molecule has 1 unspecified atom stereocenters. The molecule has 1 atom stereocenters. The Kier molecular flexibility index (Phi) is 5.99. The van der Waals surface area contributed by atoms with Gasteiger partial charge in [0.1, 0.15) is 0 Å². The van der Waals surface area contributed by atoms with E-state index in [2.05, 4.69) is 5.32 Å². The number of benzene rings is 1. The fraction of sp³-hybridized carbons (Fsp3) is 0.556. The summed E-state index contributed by atoms with van der Waals surface area (Å²) in [6, 6.07) is 7.73. The molecule has 1 heterocycles. The molecule has 1 aliphatic rings. The maximum atomic E-state index is 12.6. The molecule has 1 aromatic rings. The molecular weight excluding hydrogens is 276 g/mol. The standard InChI is InChI=1S/C18H26N2O2/c1-3-7-17(21)19-12-15-9-6-11-20(13-15)18(22)16-10-5-4-8-14(16)2/h4-5,8,10,15H,3,6-7,9,11-13H2,1-2H3,(H,19,21). The number of nitrogens with zero attached hydrogens (tertiary/aromatic N) is 1. The van der Waals surface area contributed by atoms with E-state index in [9.17, 15) is 9.59 Å². The number of hydrogen-bond donors (Lipinski definition) is 1. The summed E-state index contributed by atoms with van der Waals surface area (Å²) in [5.41, 5.74) is 1.81. The van der Waals surface area contributed by atoms with Crippen LogP contribution in [0.3, 0.4) is 0 Å². The van der Waals surface area contributed by atoms with Gasteiger partial charge in [0.25, 0.3) is 5.91 Å². The van der Waals surface area contributed by atoms with Crippen LogP contribution in [0.4, 0.5) is 0 Å². The second-order valence-electron chi connectivity index (χ2n) is 6.13. The number of rotatable bonds is 5. The molecule has 1 N–H and O–H groups in total. The van der Waals surface area contributed by atoms with Crippen molar-refractivity contribution in [2.45, 2.75) is 39.5 Å². The Morgan fingerprint density at radius 1 is 1.32 bits per heavy atom. The molecule has 2 rings (SSSR count). The highest BCUT2D eigenvalue weighted by molar-refractivity contribution is 5.95. The lowest BCUT2D eigenvalue weighted by Gasteiger charge is -2.33. The zero-order valence-electron chi connectivity index (χ0n) is 13.6. The van der Waals surface area contributed by atoms with Gasteiger partial charge in [0.2, 0.25) is 5.91 Å². The fourth-order valence-electron chi connectivity index (χ4n) is 2.97. The average Bonchev–Trinajstić information content (AvgIpc) is 2.53. The van der Waals surface area contributed by atoms with Crippen molar-refractivity contribution in [3.63, 3.8) is 0 Å². The zero-order chi connectivity index (χ0) is 15.9. The Labute approximate surface area is 132 Å². The van der Waals surface area contributed by atoms with E-state index < -0.39 is 0 Å². The molecule has 0 spiro atoms. The van der Waals surface area contributed by atoms with Crippen LogP contribution in [-0.4, -0.2) is 36.3 Å². The molecule has 22 heavy (non-hydrogen) atoms. The normalized spacial score (nSPS) is 18.1. The summed E-state index contributed by atoms with van der Waals surface area (Å²) in [7, 11) is 0. The second-order valence-corrected chi connectivity index (χ2v) is 6.13. The van der Waals surface area contributed by atoms with Gasteiger partial charge < -0.3 is 10.2 Å². The highest BCUT2D eigenvalue weighted by atomic mass is 16.2. The number of hydrogen-bond acceptors (Lipinski definition) is 2. The van der Waals surface area contributed by atoms with E-state index in [1.807, 2.05) is 43.0 Å². The molecule has 0 aromatic heterocycles. The van der Waals surface area contributed by atoms with Gasteiger partial charge in [0.05, 0.1) is 0 Å². The molecule has 2 amide bonds. The van der Waals surface area contributed by atoms with E-state index in [0.717, 1.165) is 43.5 Å². The maximum absolute atomic E-state index is 12.6. The predicted molar refractivity (Wildman–Crippen MR) is 87.7 cm³/mol. The quantitative estimate of drug-likeness (QED) is 0.909. The van der Waals surface area contributed by atoms with E-state index in [1.54, 1.807) is 0 Å². The molecule has 1 aliphatic heterocycles. The summed E-state index contributed by atoms with van der Waals surface area (Å²) in [6.07, 6.45) is 3.53. The Morgan fingerprint density at radius 2 is 2.09 bits per heavy atom. The highest BCUT2D eigenvalue weighted by Crippen LogP contribution is 2.19. The van der Waals surface area contributed by atoms with Gasteiger partial charge in [-0.1, -0.05) is 25.1 Å². The third kappa shape index (κ3) is 4.33. The van der Waals surface area contributed by atoms with E-state index >= 15 is 0 Å². The van der Waals surface area contributed by atoms with Gasteiger partial charge in [-0.05, 0) is 43.7 Å². The van der Waals surface area contributed by atoms with Crippen LogP contribution in [0.2, 0.25) is 0 Å². The summed E-state index contributed by atoms with van der Waals surface area (Å²) in [4.78, 5) is 26.2. The van der Waals surface area contributed by atoms with Crippen LogP contribution in [0.1, 0.15) is 48.5 Å². The lowest BCUT2D eigenvalue weighted by atomic mass is 9.96. The van der Waals surface area contributed by atoms with Crippen molar-refractivity contribution in [3.8, 4) is 0 Å². The van der Waals surface area contributed by atoms with Gasteiger partial charge in [0.15, 0.2) is 0 Å². The summed E-state index contributed by atoms with van der Waals surface area (Å²) in [5, 5.41) is 2.99. The van der Waals surface area contributed by atoms with Crippen molar-refractivity contribution in [1.82, 2.24) is 10.2 Å². The molecule has 1 fully saturated rings. The predicted octanol–water partition coefficient (Wildman–Crippen LogP) is 2.76. The van der Waals surface area contributed by atoms with Crippen LogP contribution in [0.5, 0.6) is 0 Å². The summed E-state index contributed by atoms with van der Waals surface area (Å²) < 4.78 is 0.